The van der Waals surface area contributed by atoms with Gasteiger partial charge in [-0.25, -0.2) is 5.43 Å². The van der Waals surface area contributed by atoms with Gasteiger partial charge in [0.05, 0.1) is 6.21 Å². The van der Waals surface area contributed by atoms with E-state index in [9.17, 15) is 4.79 Å². The molecule has 2 aromatic rings. The summed E-state index contributed by atoms with van der Waals surface area (Å²) in [5, 5.41) is 3.90. The monoisotopic (exact) mass is 256 g/mol. The van der Waals surface area contributed by atoms with Gasteiger partial charge in [-0.2, -0.15) is 5.10 Å². The number of amides is 1. The van der Waals surface area contributed by atoms with Gasteiger partial charge in [-0.3, -0.25) is 4.79 Å². The van der Waals surface area contributed by atoms with Crippen molar-refractivity contribution in [3.63, 3.8) is 0 Å². The Morgan fingerprint density at radius 1 is 1.26 bits per heavy atom. The predicted molar refractivity (Wildman–Crippen MR) is 74.3 cm³/mol. The summed E-state index contributed by atoms with van der Waals surface area (Å²) in [6.45, 7) is 3.89. The smallest absolute Gasteiger partial charge is 0.307 e. The van der Waals surface area contributed by atoms with E-state index in [1.54, 1.807) is 25.3 Å². The predicted octanol–water partition coefficient (Wildman–Crippen LogP) is 2.91. The highest BCUT2D eigenvalue weighted by Gasteiger charge is 2.07. The second-order valence-electron chi connectivity index (χ2n) is 4.20. The lowest BCUT2D eigenvalue weighted by molar-refractivity contribution is 0.0926. The summed E-state index contributed by atoms with van der Waals surface area (Å²) in [5.41, 5.74) is 4.63. The van der Waals surface area contributed by atoms with Crippen LogP contribution in [-0.2, 0) is 6.42 Å². The number of nitrogens with one attached hydrogen (secondary N) is 1. The van der Waals surface area contributed by atoms with Crippen molar-refractivity contribution in [2.24, 2.45) is 5.10 Å². The number of hydrogen-bond acceptors (Lipinski definition) is 3. The fourth-order valence-corrected chi connectivity index (χ4v) is 1.62. The molecule has 2 rings (SSSR count). The number of carbonyl (C=O) groups is 1. The highest BCUT2D eigenvalue weighted by Crippen LogP contribution is 2.06. The summed E-state index contributed by atoms with van der Waals surface area (Å²) < 4.78 is 5.19. The number of benzene rings is 1. The van der Waals surface area contributed by atoms with Crippen molar-refractivity contribution in [3.05, 3.63) is 59.0 Å². The molecule has 0 radical (unpaired) electrons. The fourth-order valence-electron chi connectivity index (χ4n) is 1.62. The van der Waals surface area contributed by atoms with E-state index in [0.29, 0.717) is 5.76 Å². The first kappa shape index (κ1) is 13.1. The Morgan fingerprint density at radius 2 is 2.00 bits per heavy atom. The summed E-state index contributed by atoms with van der Waals surface area (Å²) in [6.07, 6.45) is 2.61. The van der Waals surface area contributed by atoms with Gasteiger partial charge in [0.1, 0.15) is 5.76 Å². The standard InChI is InChI=1S/C15H16N2O2/c1-3-12-5-7-13(8-6-12)10-16-17-15(18)14-9-4-11(2)19-14/h4-10H,3H2,1-2H3,(H,17,18). The quantitative estimate of drug-likeness (QED) is 0.675. The molecule has 0 fully saturated rings. The second kappa shape index (κ2) is 6.00. The van der Waals surface area contributed by atoms with Crippen LogP contribution in [0.25, 0.3) is 0 Å². The minimum absolute atomic E-state index is 0.260. The molecule has 0 aliphatic heterocycles. The molecule has 0 aliphatic carbocycles. The van der Waals surface area contributed by atoms with Crippen molar-refractivity contribution in [1.29, 1.82) is 0 Å². The van der Waals surface area contributed by atoms with Crippen LogP contribution in [0.4, 0.5) is 0 Å². The number of hydrazone groups is 1. The zero-order valence-corrected chi connectivity index (χ0v) is 11.0. The highest BCUT2D eigenvalue weighted by molar-refractivity contribution is 5.92. The summed E-state index contributed by atoms with van der Waals surface area (Å²) in [7, 11) is 0. The number of nitrogens with zero attached hydrogens (tertiary/aromatic N) is 1. The molecule has 4 nitrogen and oxygen atoms in total. The van der Waals surface area contributed by atoms with E-state index in [-0.39, 0.29) is 11.7 Å². The molecule has 0 unspecified atom stereocenters. The summed E-state index contributed by atoms with van der Waals surface area (Å²) in [5.74, 6) is 0.606. The van der Waals surface area contributed by atoms with Gasteiger partial charge < -0.3 is 4.42 Å². The molecule has 1 amide bonds. The third kappa shape index (κ3) is 3.55. The topological polar surface area (TPSA) is 54.6 Å². The first-order chi connectivity index (χ1) is 9.19. The van der Waals surface area contributed by atoms with E-state index in [4.69, 9.17) is 4.42 Å². The largest absolute Gasteiger partial charge is 0.456 e. The summed E-state index contributed by atoms with van der Waals surface area (Å²) >= 11 is 0. The van der Waals surface area contributed by atoms with Crippen LogP contribution in [0, 0.1) is 6.92 Å². The van der Waals surface area contributed by atoms with Gasteiger partial charge >= 0.3 is 5.91 Å². The van der Waals surface area contributed by atoms with Crippen molar-refractivity contribution in [2.75, 3.05) is 0 Å². The third-order valence-electron chi connectivity index (χ3n) is 2.73. The van der Waals surface area contributed by atoms with Gasteiger partial charge in [-0.1, -0.05) is 31.2 Å². The molecule has 98 valence electrons. The molecule has 0 saturated carbocycles. The lowest BCUT2D eigenvalue weighted by atomic mass is 10.1. The van der Waals surface area contributed by atoms with E-state index in [0.717, 1.165) is 12.0 Å². The van der Waals surface area contributed by atoms with Gasteiger partial charge in [0, 0.05) is 0 Å². The van der Waals surface area contributed by atoms with E-state index in [1.807, 2.05) is 24.3 Å². The third-order valence-corrected chi connectivity index (χ3v) is 2.73. The van der Waals surface area contributed by atoms with Crippen molar-refractivity contribution in [2.45, 2.75) is 20.3 Å². The fraction of sp³-hybridized carbons (Fsp3) is 0.200. The van der Waals surface area contributed by atoms with Gasteiger partial charge in [0.2, 0.25) is 0 Å². The molecule has 0 aliphatic rings. The Labute approximate surface area is 112 Å². The Hall–Kier alpha value is -2.36. The van der Waals surface area contributed by atoms with E-state index >= 15 is 0 Å². The first-order valence-electron chi connectivity index (χ1n) is 6.18. The molecule has 1 aromatic carbocycles. The van der Waals surface area contributed by atoms with Crippen LogP contribution in [-0.4, -0.2) is 12.1 Å². The van der Waals surface area contributed by atoms with Crippen LogP contribution < -0.4 is 5.43 Å². The maximum atomic E-state index is 11.6. The van der Waals surface area contributed by atoms with Crippen molar-refractivity contribution >= 4 is 12.1 Å². The molecule has 4 heteroatoms. The lowest BCUT2D eigenvalue weighted by Crippen LogP contribution is -2.16. The molecule has 0 spiro atoms. The number of carbonyl (C=O) groups excluding carboxylic acids is 1. The van der Waals surface area contributed by atoms with E-state index < -0.39 is 0 Å². The first-order valence-corrected chi connectivity index (χ1v) is 6.18. The maximum absolute atomic E-state index is 11.6. The molecule has 1 heterocycles. The molecule has 1 N–H and O–H groups in total. The normalized spacial score (nSPS) is 10.8. The molecule has 19 heavy (non-hydrogen) atoms. The second-order valence-corrected chi connectivity index (χ2v) is 4.20. The van der Waals surface area contributed by atoms with Crippen LogP contribution in [0.5, 0.6) is 0 Å². The van der Waals surface area contributed by atoms with Crippen LogP contribution in [0.1, 0.15) is 34.4 Å². The lowest BCUT2D eigenvalue weighted by Gasteiger charge is -1.98. The Morgan fingerprint density at radius 3 is 2.58 bits per heavy atom. The minimum Gasteiger partial charge on any atom is -0.456 e. The highest BCUT2D eigenvalue weighted by atomic mass is 16.3. The summed E-state index contributed by atoms with van der Waals surface area (Å²) in [4.78, 5) is 11.6. The SMILES string of the molecule is CCc1ccc(C=NNC(=O)c2ccc(C)o2)cc1. The minimum atomic E-state index is -0.352. The van der Waals surface area contributed by atoms with E-state index in [1.165, 1.54) is 5.56 Å². The van der Waals surface area contributed by atoms with Crippen LogP contribution in [0.2, 0.25) is 0 Å². The van der Waals surface area contributed by atoms with Gasteiger partial charge in [-0.15, -0.1) is 0 Å². The molecular formula is C15H16N2O2. The Balaban J connectivity index is 1.94. The molecule has 0 atom stereocenters. The number of furan rings is 1. The van der Waals surface area contributed by atoms with Crippen molar-refractivity contribution in [3.8, 4) is 0 Å². The van der Waals surface area contributed by atoms with Crippen LogP contribution in [0.15, 0.2) is 45.9 Å². The Bertz CT molecular complexity index is 582. The van der Waals surface area contributed by atoms with Gasteiger partial charge in [0.25, 0.3) is 0 Å². The molecule has 0 saturated heterocycles. The van der Waals surface area contributed by atoms with Crippen LogP contribution >= 0.6 is 0 Å². The zero-order chi connectivity index (χ0) is 13.7. The average molecular weight is 256 g/mol. The maximum Gasteiger partial charge on any atom is 0.307 e. The van der Waals surface area contributed by atoms with Crippen LogP contribution in [0.3, 0.4) is 0 Å². The van der Waals surface area contributed by atoms with Gasteiger partial charge in [-0.05, 0) is 36.6 Å². The number of hydrogen-bond donors (Lipinski definition) is 1. The molecular weight excluding hydrogens is 240 g/mol. The van der Waals surface area contributed by atoms with Gasteiger partial charge in [0.15, 0.2) is 5.76 Å². The average Bonchev–Trinajstić information content (AvgIpc) is 2.86. The molecule has 0 bridgehead atoms. The number of rotatable bonds is 4. The summed E-state index contributed by atoms with van der Waals surface area (Å²) in [6, 6.07) is 11.4. The van der Waals surface area contributed by atoms with Crippen molar-refractivity contribution in [1.82, 2.24) is 5.43 Å². The van der Waals surface area contributed by atoms with E-state index in [2.05, 4.69) is 17.5 Å². The molecule has 1 aromatic heterocycles. The Kier molecular flexibility index (Phi) is 4.13. The number of aryl methyl sites for hydroxylation is 2. The zero-order valence-electron chi connectivity index (χ0n) is 11.0. The van der Waals surface area contributed by atoms with Crippen molar-refractivity contribution < 1.29 is 9.21 Å².